The Kier molecular flexibility index (Phi) is 7.44. The molecule has 1 saturated carbocycles. The minimum atomic E-state index is 0.211. The molecular weight excluding hydrogens is 236 g/mol. The van der Waals surface area contributed by atoms with Crippen molar-refractivity contribution in [1.29, 1.82) is 0 Å². The Hall–Kier alpha value is -0.570. The fourth-order valence-corrected chi connectivity index (χ4v) is 2.84. The monoisotopic (exact) mass is 268 g/mol. The van der Waals surface area contributed by atoms with E-state index in [0.29, 0.717) is 24.3 Å². The van der Waals surface area contributed by atoms with Gasteiger partial charge in [0.2, 0.25) is 5.91 Å². The van der Waals surface area contributed by atoms with Gasteiger partial charge in [-0.2, -0.15) is 0 Å². The maximum absolute atomic E-state index is 12.4. The first-order valence-corrected chi connectivity index (χ1v) is 8.05. The van der Waals surface area contributed by atoms with Crippen molar-refractivity contribution in [3.63, 3.8) is 0 Å². The van der Waals surface area contributed by atoms with Crippen LogP contribution in [0.2, 0.25) is 0 Å². The van der Waals surface area contributed by atoms with E-state index in [1.165, 1.54) is 25.7 Å². The normalized spacial score (nSPS) is 17.9. The molecule has 1 unspecified atom stereocenters. The Morgan fingerprint density at radius 2 is 1.84 bits per heavy atom. The molecule has 19 heavy (non-hydrogen) atoms. The van der Waals surface area contributed by atoms with Crippen molar-refractivity contribution in [3.8, 4) is 0 Å². The Labute approximate surface area is 118 Å². The standard InChI is InChI=1S/C16H32N2O/c1-13(2)11-12-18(15-8-4-5-9-15)16(19)10-6-7-14(3)17/h13-15H,4-12,17H2,1-3H3. The van der Waals surface area contributed by atoms with Crippen LogP contribution in [0.15, 0.2) is 0 Å². The third kappa shape index (κ3) is 6.42. The number of rotatable bonds is 8. The number of nitrogens with two attached hydrogens (primary N) is 1. The summed E-state index contributed by atoms with van der Waals surface area (Å²) in [5.41, 5.74) is 5.75. The fourth-order valence-electron chi connectivity index (χ4n) is 2.84. The van der Waals surface area contributed by atoms with Gasteiger partial charge in [0.15, 0.2) is 0 Å². The molecule has 1 fully saturated rings. The predicted molar refractivity (Wildman–Crippen MR) is 80.9 cm³/mol. The van der Waals surface area contributed by atoms with Gasteiger partial charge in [-0.15, -0.1) is 0 Å². The third-order valence-electron chi connectivity index (χ3n) is 4.08. The molecule has 1 atom stereocenters. The number of amides is 1. The molecule has 0 spiro atoms. The molecule has 1 aliphatic carbocycles. The van der Waals surface area contributed by atoms with Crippen molar-refractivity contribution in [2.75, 3.05) is 6.54 Å². The number of hydrogen-bond donors (Lipinski definition) is 1. The predicted octanol–water partition coefficient (Wildman–Crippen LogP) is 3.32. The van der Waals surface area contributed by atoms with E-state index in [-0.39, 0.29) is 6.04 Å². The summed E-state index contributed by atoms with van der Waals surface area (Å²) < 4.78 is 0. The molecular formula is C16H32N2O. The molecule has 0 aromatic carbocycles. The van der Waals surface area contributed by atoms with Crippen LogP contribution < -0.4 is 5.73 Å². The average Bonchev–Trinajstić information content (AvgIpc) is 2.82. The molecule has 0 radical (unpaired) electrons. The van der Waals surface area contributed by atoms with Crippen LogP contribution in [0.4, 0.5) is 0 Å². The van der Waals surface area contributed by atoms with Gasteiger partial charge in [-0.1, -0.05) is 26.7 Å². The van der Waals surface area contributed by atoms with E-state index >= 15 is 0 Å². The molecule has 1 amide bonds. The zero-order chi connectivity index (χ0) is 14.3. The second-order valence-corrected chi connectivity index (χ2v) is 6.58. The largest absolute Gasteiger partial charge is 0.340 e. The second-order valence-electron chi connectivity index (χ2n) is 6.58. The Balaban J connectivity index is 2.43. The first kappa shape index (κ1) is 16.5. The number of carbonyl (C=O) groups is 1. The molecule has 0 aliphatic heterocycles. The molecule has 2 N–H and O–H groups in total. The summed E-state index contributed by atoms with van der Waals surface area (Å²) in [5, 5.41) is 0. The van der Waals surface area contributed by atoms with Crippen LogP contribution in [0.25, 0.3) is 0 Å². The fraction of sp³-hybridized carbons (Fsp3) is 0.938. The maximum atomic E-state index is 12.4. The average molecular weight is 268 g/mol. The van der Waals surface area contributed by atoms with Crippen molar-refractivity contribution in [2.24, 2.45) is 11.7 Å². The molecule has 1 rings (SSSR count). The lowest BCUT2D eigenvalue weighted by atomic mass is 10.1. The molecule has 0 saturated heterocycles. The van der Waals surface area contributed by atoms with Gasteiger partial charge in [-0.3, -0.25) is 4.79 Å². The zero-order valence-corrected chi connectivity index (χ0v) is 13.0. The molecule has 112 valence electrons. The first-order valence-electron chi connectivity index (χ1n) is 8.05. The minimum absolute atomic E-state index is 0.211. The lowest BCUT2D eigenvalue weighted by Crippen LogP contribution is -2.40. The van der Waals surface area contributed by atoms with E-state index in [4.69, 9.17) is 5.73 Å². The van der Waals surface area contributed by atoms with Crippen molar-refractivity contribution in [1.82, 2.24) is 4.90 Å². The van der Waals surface area contributed by atoms with Crippen molar-refractivity contribution < 1.29 is 4.79 Å². The quantitative estimate of drug-likeness (QED) is 0.734. The summed E-state index contributed by atoms with van der Waals surface area (Å²) in [5.74, 6) is 1.02. The Bertz CT molecular complexity index is 257. The summed E-state index contributed by atoms with van der Waals surface area (Å²) in [6.45, 7) is 7.41. The van der Waals surface area contributed by atoms with Crippen LogP contribution in [0.5, 0.6) is 0 Å². The van der Waals surface area contributed by atoms with Crippen molar-refractivity contribution >= 4 is 5.91 Å². The highest BCUT2D eigenvalue weighted by Gasteiger charge is 2.26. The maximum Gasteiger partial charge on any atom is 0.222 e. The van der Waals surface area contributed by atoms with Gasteiger partial charge >= 0.3 is 0 Å². The van der Waals surface area contributed by atoms with Crippen molar-refractivity contribution in [2.45, 2.75) is 84.2 Å². The molecule has 3 nitrogen and oxygen atoms in total. The Morgan fingerprint density at radius 3 is 2.37 bits per heavy atom. The minimum Gasteiger partial charge on any atom is -0.340 e. The van der Waals surface area contributed by atoms with Crippen LogP contribution in [0.3, 0.4) is 0 Å². The topological polar surface area (TPSA) is 46.3 Å². The van der Waals surface area contributed by atoms with Gasteiger partial charge in [0.25, 0.3) is 0 Å². The van der Waals surface area contributed by atoms with E-state index in [0.717, 1.165) is 25.8 Å². The Morgan fingerprint density at radius 1 is 1.21 bits per heavy atom. The van der Waals surface area contributed by atoms with Gasteiger partial charge in [-0.25, -0.2) is 0 Å². The van der Waals surface area contributed by atoms with Gasteiger partial charge in [0, 0.05) is 25.0 Å². The highest BCUT2D eigenvalue weighted by molar-refractivity contribution is 5.76. The van der Waals surface area contributed by atoms with E-state index < -0.39 is 0 Å². The summed E-state index contributed by atoms with van der Waals surface area (Å²) in [6.07, 6.45) is 8.67. The van der Waals surface area contributed by atoms with Gasteiger partial charge in [-0.05, 0) is 44.9 Å². The van der Waals surface area contributed by atoms with E-state index in [2.05, 4.69) is 18.7 Å². The van der Waals surface area contributed by atoms with Crippen molar-refractivity contribution in [3.05, 3.63) is 0 Å². The SMILES string of the molecule is CC(C)CCN(C(=O)CCCC(C)N)C1CCCC1. The van der Waals surface area contributed by atoms with Crippen LogP contribution in [0, 0.1) is 5.92 Å². The molecule has 1 aliphatic rings. The van der Waals surface area contributed by atoms with Gasteiger partial charge < -0.3 is 10.6 Å². The van der Waals surface area contributed by atoms with E-state index in [9.17, 15) is 4.79 Å². The van der Waals surface area contributed by atoms with Crippen LogP contribution >= 0.6 is 0 Å². The van der Waals surface area contributed by atoms with Crippen LogP contribution in [-0.2, 0) is 4.79 Å². The van der Waals surface area contributed by atoms with E-state index in [1.54, 1.807) is 0 Å². The summed E-state index contributed by atoms with van der Waals surface area (Å²) in [4.78, 5) is 14.6. The van der Waals surface area contributed by atoms with Crippen LogP contribution in [0.1, 0.15) is 72.1 Å². The number of hydrogen-bond acceptors (Lipinski definition) is 2. The zero-order valence-electron chi connectivity index (χ0n) is 13.0. The number of nitrogens with zero attached hydrogens (tertiary/aromatic N) is 1. The molecule has 0 heterocycles. The summed E-state index contributed by atoms with van der Waals surface area (Å²) in [6, 6.07) is 0.727. The van der Waals surface area contributed by atoms with Crippen LogP contribution in [-0.4, -0.2) is 29.4 Å². The van der Waals surface area contributed by atoms with Gasteiger partial charge in [0.05, 0.1) is 0 Å². The first-order chi connectivity index (χ1) is 9.00. The molecule has 0 aromatic heterocycles. The lowest BCUT2D eigenvalue weighted by molar-refractivity contribution is -0.133. The highest BCUT2D eigenvalue weighted by Crippen LogP contribution is 2.25. The highest BCUT2D eigenvalue weighted by atomic mass is 16.2. The van der Waals surface area contributed by atoms with E-state index in [1.807, 2.05) is 6.92 Å². The smallest absolute Gasteiger partial charge is 0.222 e. The molecule has 3 heteroatoms. The summed E-state index contributed by atoms with van der Waals surface area (Å²) >= 11 is 0. The van der Waals surface area contributed by atoms with Gasteiger partial charge in [0.1, 0.15) is 0 Å². The summed E-state index contributed by atoms with van der Waals surface area (Å²) in [7, 11) is 0. The third-order valence-corrected chi connectivity index (χ3v) is 4.08. The lowest BCUT2D eigenvalue weighted by Gasteiger charge is -2.30. The molecule has 0 aromatic rings. The second kappa shape index (κ2) is 8.57. The molecule has 0 bridgehead atoms. The number of carbonyl (C=O) groups excluding carboxylic acids is 1.